The maximum Gasteiger partial charge on any atom is 0.250 e. The van der Waals surface area contributed by atoms with Crippen LogP contribution in [-0.4, -0.2) is 34.7 Å². The number of anilines is 3. The second kappa shape index (κ2) is 8.55. The molecular weight excluding hydrogens is 409 g/mol. The molecule has 0 spiro atoms. The summed E-state index contributed by atoms with van der Waals surface area (Å²) in [6.07, 6.45) is 2.01. The van der Waals surface area contributed by atoms with Crippen LogP contribution in [0.3, 0.4) is 0 Å². The number of nitriles is 1. The Hall–Kier alpha value is -4.12. The first-order chi connectivity index (χ1) is 15.4. The molecule has 32 heavy (non-hydrogen) atoms. The Morgan fingerprint density at radius 1 is 1.16 bits per heavy atom. The molecule has 1 amide bonds. The summed E-state index contributed by atoms with van der Waals surface area (Å²) in [7, 11) is 1.67. The third-order valence-electron chi connectivity index (χ3n) is 5.46. The van der Waals surface area contributed by atoms with Crippen molar-refractivity contribution in [3.05, 3.63) is 77.5 Å². The van der Waals surface area contributed by atoms with Crippen LogP contribution in [-0.2, 0) is 11.2 Å². The van der Waals surface area contributed by atoms with E-state index in [9.17, 15) is 14.0 Å². The summed E-state index contributed by atoms with van der Waals surface area (Å²) in [4.78, 5) is 37.9. The molecule has 8 heteroatoms. The lowest BCUT2D eigenvalue weighted by atomic mass is 10.0. The van der Waals surface area contributed by atoms with E-state index in [1.165, 1.54) is 35.4 Å². The number of amides is 1. The summed E-state index contributed by atoms with van der Waals surface area (Å²) in [6, 6.07) is 13.8. The van der Waals surface area contributed by atoms with Crippen LogP contribution in [0.2, 0.25) is 0 Å². The summed E-state index contributed by atoms with van der Waals surface area (Å²) in [6.45, 7) is 1.91. The largest absolute Gasteiger partial charge is 0.312 e. The smallest absolute Gasteiger partial charge is 0.250 e. The first-order valence-electron chi connectivity index (χ1n) is 10.1. The lowest BCUT2D eigenvalue weighted by Crippen LogP contribution is -2.50. The number of carbonyl (C=O) groups excluding carboxylic acids is 2. The third kappa shape index (κ3) is 3.81. The van der Waals surface area contributed by atoms with Crippen LogP contribution in [0.25, 0.3) is 0 Å². The highest BCUT2D eigenvalue weighted by Gasteiger charge is 2.38. The summed E-state index contributed by atoms with van der Waals surface area (Å²) < 4.78 is 13.2. The number of benzene rings is 2. The Morgan fingerprint density at radius 2 is 1.84 bits per heavy atom. The Bertz CT molecular complexity index is 1220. The minimum atomic E-state index is -0.490. The number of ketones is 1. The van der Waals surface area contributed by atoms with Crippen LogP contribution in [0, 0.1) is 17.1 Å². The maximum absolute atomic E-state index is 13.2. The average molecular weight is 429 g/mol. The van der Waals surface area contributed by atoms with Gasteiger partial charge in [0.25, 0.3) is 0 Å². The predicted molar refractivity (Wildman–Crippen MR) is 117 cm³/mol. The molecule has 160 valence electrons. The number of hydrogen-bond acceptors (Lipinski definition) is 6. The summed E-state index contributed by atoms with van der Waals surface area (Å²) in [5.41, 5.74) is 2.13. The Labute approximate surface area is 184 Å². The van der Waals surface area contributed by atoms with Crippen molar-refractivity contribution < 1.29 is 14.0 Å². The molecule has 0 saturated heterocycles. The monoisotopic (exact) mass is 429 g/mol. The second-order valence-corrected chi connectivity index (χ2v) is 7.45. The molecule has 2 aromatic carbocycles. The molecule has 7 nitrogen and oxygen atoms in total. The SMILES string of the molecule is CCC1C(=O)N(C)c2cnc(CC(=O)c3ccc(F)cc3)nc2N1c1ccc(C#N)cc1. The average Bonchev–Trinajstić information content (AvgIpc) is 2.81. The van der Waals surface area contributed by atoms with E-state index in [0.717, 1.165) is 0 Å². The van der Waals surface area contributed by atoms with E-state index in [-0.39, 0.29) is 18.1 Å². The molecule has 0 bridgehead atoms. The topological polar surface area (TPSA) is 90.2 Å². The van der Waals surface area contributed by atoms with E-state index in [1.807, 2.05) is 11.8 Å². The molecule has 3 aromatic rings. The summed E-state index contributed by atoms with van der Waals surface area (Å²) in [5, 5.41) is 9.10. The highest BCUT2D eigenvalue weighted by atomic mass is 19.1. The summed E-state index contributed by atoms with van der Waals surface area (Å²) >= 11 is 0. The first-order valence-corrected chi connectivity index (χ1v) is 10.1. The number of likely N-dealkylation sites (N-methyl/N-ethyl adjacent to an activating group) is 1. The molecule has 0 N–H and O–H groups in total. The molecule has 2 heterocycles. The minimum absolute atomic E-state index is 0.0609. The van der Waals surface area contributed by atoms with Gasteiger partial charge in [0, 0.05) is 18.3 Å². The van der Waals surface area contributed by atoms with Crippen molar-refractivity contribution in [2.24, 2.45) is 0 Å². The van der Waals surface area contributed by atoms with Gasteiger partial charge < -0.3 is 9.80 Å². The van der Waals surface area contributed by atoms with E-state index >= 15 is 0 Å². The van der Waals surface area contributed by atoms with Gasteiger partial charge in [-0.15, -0.1) is 0 Å². The Balaban J connectivity index is 1.74. The van der Waals surface area contributed by atoms with Crippen LogP contribution in [0.15, 0.2) is 54.7 Å². The summed E-state index contributed by atoms with van der Waals surface area (Å²) in [5.74, 6) is 0.0723. The van der Waals surface area contributed by atoms with Gasteiger partial charge in [-0.05, 0) is 55.0 Å². The van der Waals surface area contributed by atoms with Crippen molar-refractivity contribution in [1.82, 2.24) is 9.97 Å². The number of hydrogen-bond donors (Lipinski definition) is 0. The molecule has 0 aliphatic carbocycles. The highest BCUT2D eigenvalue weighted by Crippen LogP contribution is 2.39. The van der Waals surface area contributed by atoms with Crippen LogP contribution in [0.5, 0.6) is 0 Å². The van der Waals surface area contributed by atoms with Gasteiger partial charge in [-0.2, -0.15) is 5.26 Å². The molecule has 0 fully saturated rings. The van der Waals surface area contributed by atoms with Crippen molar-refractivity contribution in [1.29, 1.82) is 5.26 Å². The van der Waals surface area contributed by atoms with Crippen LogP contribution in [0.4, 0.5) is 21.6 Å². The van der Waals surface area contributed by atoms with Crippen molar-refractivity contribution in [3.8, 4) is 6.07 Å². The lowest BCUT2D eigenvalue weighted by molar-refractivity contribution is -0.119. The van der Waals surface area contributed by atoms with Gasteiger partial charge in [-0.3, -0.25) is 9.59 Å². The fourth-order valence-electron chi connectivity index (χ4n) is 3.74. The Kier molecular flexibility index (Phi) is 5.65. The quantitative estimate of drug-likeness (QED) is 0.573. The zero-order valence-corrected chi connectivity index (χ0v) is 17.6. The lowest BCUT2D eigenvalue weighted by Gasteiger charge is -2.40. The van der Waals surface area contributed by atoms with Crippen molar-refractivity contribution in [2.45, 2.75) is 25.8 Å². The number of carbonyl (C=O) groups is 2. The molecule has 4 rings (SSSR count). The normalized spacial score (nSPS) is 15.3. The molecule has 1 aliphatic heterocycles. The van der Waals surface area contributed by atoms with Crippen LogP contribution in [0.1, 0.15) is 35.1 Å². The number of nitrogens with zero attached hydrogens (tertiary/aromatic N) is 5. The highest BCUT2D eigenvalue weighted by molar-refractivity contribution is 6.06. The van der Waals surface area contributed by atoms with Crippen molar-refractivity contribution in [3.63, 3.8) is 0 Å². The third-order valence-corrected chi connectivity index (χ3v) is 5.46. The fraction of sp³-hybridized carbons (Fsp3) is 0.208. The predicted octanol–water partition coefficient (Wildman–Crippen LogP) is 3.81. The van der Waals surface area contributed by atoms with E-state index in [2.05, 4.69) is 16.0 Å². The van der Waals surface area contributed by atoms with E-state index in [4.69, 9.17) is 5.26 Å². The molecule has 1 atom stereocenters. The molecule has 0 radical (unpaired) electrons. The number of Topliss-reactive ketones (excluding diaryl/α,β-unsaturated/α-hetero) is 1. The molecule has 1 unspecified atom stereocenters. The zero-order chi connectivity index (χ0) is 22.8. The minimum Gasteiger partial charge on any atom is -0.312 e. The molecular formula is C24H20FN5O2. The van der Waals surface area contributed by atoms with Gasteiger partial charge >= 0.3 is 0 Å². The molecule has 1 aliphatic rings. The van der Waals surface area contributed by atoms with Crippen LogP contribution < -0.4 is 9.80 Å². The van der Waals surface area contributed by atoms with Gasteiger partial charge in [0.15, 0.2) is 11.6 Å². The van der Waals surface area contributed by atoms with Gasteiger partial charge in [0.2, 0.25) is 5.91 Å². The molecule has 1 aromatic heterocycles. The number of fused-ring (bicyclic) bond motifs is 1. The van der Waals surface area contributed by atoms with Gasteiger partial charge in [-0.25, -0.2) is 14.4 Å². The van der Waals surface area contributed by atoms with Crippen LogP contribution >= 0.6 is 0 Å². The molecule has 0 saturated carbocycles. The van der Waals surface area contributed by atoms with Gasteiger partial charge in [0.05, 0.1) is 24.3 Å². The number of aromatic nitrogens is 2. The van der Waals surface area contributed by atoms with Crippen molar-refractivity contribution >= 4 is 28.9 Å². The van der Waals surface area contributed by atoms with E-state index in [1.54, 1.807) is 31.3 Å². The second-order valence-electron chi connectivity index (χ2n) is 7.45. The standard InChI is InChI=1S/C24H20FN5O2/c1-3-19-24(32)29(2)20-14-27-22(12-21(31)16-6-8-17(25)9-7-16)28-23(20)30(19)18-10-4-15(13-26)5-11-18/h4-11,14,19H,3,12H2,1-2H3. The zero-order valence-electron chi connectivity index (χ0n) is 17.6. The maximum atomic E-state index is 13.2. The fourth-order valence-corrected chi connectivity index (χ4v) is 3.74. The first kappa shape index (κ1) is 21.1. The van der Waals surface area contributed by atoms with E-state index in [0.29, 0.717) is 40.6 Å². The Morgan fingerprint density at radius 3 is 2.47 bits per heavy atom. The van der Waals surface area contributed by atoms with Gasteiger partial charge in [0.1, 0.15) is 23.4 Å². The van der Waals surface area contributed by atoms with Gasteiger partial charge in [-0.1, -0.05) is 6.92 Å². The number of rotatable bonds is 5. The number of halogens is 1. The van der Waals surface area contributed by atoms with E-state index < -0.39 is 11.9 Å². The van der Waals surface area contributed by atoms with Crippen molar-refractivity contribution in [2.75, 3.05) is 16.8 Å².